The lowest BCUT2D eigenvalue weighted by molar-refractivity contribution is 0.00578. The van der Waals surface area contributed by atoms with Gasteiger partial charge in [0.1, 0.15) is 11.9 Å². The Labute approximate surface area is 164 Å². The van der Waals surface area contributed by atoms with E-state index in [0.717, 1.165) is 11.2 Å². The molecule has 1 atom stereocenters. The second-order valence-electron chi connectivity index (χ2n) is 8.74. The molecule has 2 aromatic rings. The minimum atomic E-state index is -0.343. The van der Waals surface area contributed by atoms with Crippen molar-refractivity contribution in [1.82, 2.24) is 0 Å². The average molecular weight is 366 g/mol. The largest absolute Gasteiger partial charge is 0.494 e. The van der Waals surface area contributed by atoms with Gasteiger partial charge in [-0.05, 0) is 69.3 Å². The lowest BCUT2D eigenvalue weighted by atomic mass is 9.79. The van der Waals surface area contributed by atoms with Crippen molar-refractivity contribution in [2.75, 3.05) is 0 Å². The van der Waals surface area contributed by atoms with Crippen LogP contribution in [0.4, 0.5) is 0 Å². The molecule has 1 fully saturated rings. The van der Waals surface area contributed by atoms with E-state index < -0.39 is 0 Å². The Morgan fingerprint density at radius 1 is 0.741 bits per heavy atom. The van der Waals surface area contributed by atoms with Crippen molar-refractivity contribution in [3.63, 3.8) is 0 Å². The van der Waals surface area contributed by atoms with Crippen molar-refractivity contribution in [2.24, 2.45) is 0 Å². The van der Waals surface area contributed by atoms with Gasteiger partial charge in [0.2, 0.25) is 0 Å². The Morgan fingerprint density at radius 2 is 1.22 bits per heavy atom. The molecule has 3 nitrogen and oxygen atoms in total. The molecule has 0 spiro atoms. The van der Waals surface area contributed by atoms with Crippen molar-refractivity contribution in [3.05, 3.63) is 59.7 Å². The topological polar surface area (TPSA) is 27.7 Å². The van der Waals surface area contributed by atoms with E-state index in [-0.39, 0.29) is 24.4 Å². The third kappa shape index (κ3) is 4.22. The molecule has 0 aromatic heterocycles. The molecule has 144 valence electrons. The zero-order chi connectivity index (χ0) is 19.8. The lowest BCUT2D eigenvalue weighted by Crippen LogP contribution is -2.41. The van der Waals surface area contributed by atoms with Crippen LogP contribution >= 0.6 is 0 Å². The predicted molar refractivity (Wildman–Crippen MR) is 112 cm³/mol. The van der Waals surface area contributed by atoms with Gasteiger partial charge in [-0.1, -0.05) is 50.2 Å². The Balaban J connectivity index is 1.66. The van der Waals surface area contributed by atoms with Crippen LogP contribution in [0.15, 0.2) is 48.5 Å². The highest BCUT2D eigenvalue weighted by Crippen LogP contribution is 2.36. The van der Waals surface area contributed by atoms with Crippen molar-refractivity contribution < 1.29 is 14.0 Å². The summed E-state index contributed by atoms with van der Waals surface area (Å²) in [5.74, 6) is 1.38. The molecule has 4 heteroatoms. The summed E-state index contributed by atoms with van der Waals surface area (Å²) in [6, 6.07) is 16.7. The summed E-state index contributed by atoms with van der Waals surface area (Å²) in [4.78, 5) is 0. The minimum absolute atomic E-state index is 0.00564. The van der Waals surface area contributed by atoms with Gasteiger partial charge in [-0.2, -0.15) is 0 Å². The van der Waals surface area contributed by atoms with Crippen LogP contribution < -0.4 is 10.2 Å². The third-order valence-electron chi connectivity index (χ3n) is 5.79. The van der Waals surface area contributed by atoms with Crippen LogP contribution in [0.1, 0.15) is 71.6 Å². The molecule has 27 heavy (non-hydrogen) atoms. The maximum absolute atomic E-state index is 6.12. The molecule has 1 saturated heterocycles. The summed E-state index contributed by atoms with van der Waals surface area (Å²) in [5.41, 5.74) is 2.87. The molecule has 0 amide bonds. The molecule has 2 aromatic carbocycles. The number of rotatable bonds is 5. The maximum atomic E-state index is 6.12. The molecule has 1 aliphatic heterocycles. The van der Waals surface area contributed by atoms with E-state index in [1.807, 2.05) is 24.3 Å². The van der Waals surface area contributed by atoms with Crippen LogP contribution in [-0.4, -0.2) is 18.3 Å². The normalized spacial score (nSPS) is 19.3. The van der Waals surface area contributed by atoms with Crippen LogP contribution in [0.3, 0.4) is 0 Å². The van der Waals surface area contributed by atoms with Gasteiger partial charge in [-0.3, -0.25) is 0 Å². The zero-order valence-corrected chi connectivity index (χ0v) is 17.6. The monoisotopic (exact) mass is 366 g/mol. The maximum Gasteiger partial charge on any atom is 0.494 e. The summed E-state index contributed by atoms with van der Waals surface area (Å²) < 4.78 is 18.3. The van der Waals surface area contributed by atoms with Crippen molar-refractivity contribution in [3.8, 4) is 5.75 Å². The molecule has 3 rings (SSSR count). The van der Waals surface area contributed by atoms with Crippen LogP contribution in [0.5, 0.6) is 5.75 Å². The van der Waals surface area contributed by atoms with Gasteiger partial charge in [-0.15, -0.1) is 0 Å². The first kappa shape index (κ1) is 20.0. The highest BCUT2D eigenvalue weighted by atomic mass is 16.7. The Morgan fingerprint density at radius 3 is 1.70 bits per heavy atom. The smallest absolute Gasteiger partial charge is 0.486 e. The zero-order valence-electron chi connectivity index (χ0n) is 17.6. The molecule has 0 radical (unpaired) electrons. The molecule has 1 heterocycles. The van der Waals surface area contributed by atoms with E-state index in [4.69, 9.17) is 14.0 Å². The summed E-state index contributed by atoms with van der Waals surface area (Å²) in [7, 11) is -0.343. The first-order chi connectivity index (χ1) is 12.6. The lowest BCUT2D eigenvalue weighted by Gasteiger charge is -2.32. The van der Waals surface area contributed by atoms with Gasteiger partial charge >= 0.3 is 7.12 Å². The standard InChI is InChI=1S/C23H31BO3/c1-16(2)18-8-10-19(11-9-18)17(3)25-21-14-12-20(13-15-21)24-26-22(4,5)23(6,7)27-24/h8-17H,1-7H3. The van der Waals surface area contributed by atoms with E-state index in [0.29, 0.717) is 5.92 Å². The van der Waals surface area contributed by atoms with E-state index >= 15 is 0 Å². The van der Waals surface area contributed by atoms with Gasteiger partial charge in [0, 0.05) is 0 Å². The number of hydrogen-bond donors (Lipinski definition) is 0. The Kier molecular flexibility index (Phi) is 5.42. The number of benzene rings is 2. The fourth-order valence-corrected chi connectivity index (χ4v) is 3.11. The quantitative estimate of drug-likeness (QED) is 0.677. The molecule has 0 N–H and O–H groups in total. The minimum Gasteiger partial charge on any atom is -0.486 e. The van der Waals surface area contributed by atoms with Crippen LogP contribution in [0.25, 0.3) is 0 Å². The summed E-state index contributed by atoms with van der Waals surface area (Å²) >= 11 is 0. The number of ether oxygens (including phenoxy) is 1. The van der Waals surface area contributed by atoms with Crippen molar-refractivity contribution >= 4 is 12.6 Å². The summed E-state index contributed by atoms with van der Waals surface area (Å²) in [6.45, 7) is 14.8. The van der Waals surface area contributed by atoms with Crippen molar-refractivity contribution in [1.29, 1.82) is 0 Å². The van der Waals surface area contributed by atoms with E-state index in [2.05, 4.69) is 72.7 Å². The second-order valence-corrected chi connectivity index (χ2v) is 8.74. The summed E-state index contributed by atoms with van der Waals surface area (Å²) in [5, 5.41) is 0. The fraction of sp³-hybridized carbons (Fsp3) is 0.478. The van der Waals surface area contributed by atoms with Crippen molar-refractivity contribution in [2.45, 2.75) is 71.7 Å². The van der Waals surface area contributed by atoms with Gasteiger partial charge in [0.05, 0.1) is 11.2 Å². The van der Waals surface area contributed by atoms with Gasteiger partial charge in [0.15, 0.2) is 0 Å². The first-order valence-corrected chi connectivity index (χ1v) is 9.81. The molecular weight excluding hydrogens is 335 g/mol. The molecule has 0 bridgehead atoms. The number of hydrogen-bond acceptors (Lipinski definition) is 3. The van der Waals surface area contributed by atoms with E-state index in [9.17, 15) is 0 Å². The second kappa shape index (κ2) is 7.33. The van der Waals surface area contributed by atoms with E-state index in [1.54, 1.807) is 0 Å². The molecule has 0 aliphatic carbocycles. The molecular formula is C23H31BO3. The Hall–Kier alpha value is -1.78. The van der Waals surface area contributed by atoms with Crippen LogP contribution in [0.2, 0.25) is 0 Å². The van der Waals surface area contributed by atoms with Gasteiger partial charge < -0.3 is 14.0 Å². The third-order valence-corrected chi connectivity index (χ3v) is 5.79. The predicted octanol–water partition coefficient (Wildman–Crippen LogP) is 5.25. The van der Waals surface area contributed by atoms with Crippen LogP contribution in [0, 0.1) is 0 Å². The molecule has 1 aliphatic rings. The first-order valence-electron chi connectivity index (χ1n) is 9.81. The van der Waals surface area contributed by atoms with Gasteiger partial charge in [-0.25, -0.2) is 0 Å². The fourth-order valence-electron chi connectivity index (χ4n) is 3.11. The Bertz CT molecular complexity index is 747. The van der Waals surface area contributed by atoms with Gasteiger partial charge in [0.25, 0.3) is 0 Å². The molecule has 0 saturated carbocycles. The highest BCUT2D eigenvalue weighted by Gasteiger charge is 2.51. The average Bonchev–Trinajstić information content (AvgIpc) is 2.83. The SMILES string of the molecule is CC(C)c1ccc(C(C)Oc2ccc(B3OC(C)(C)C(C)(C)O3)cc2)cc1. The molecule has 1 unspecified atom stereocenters. The van der Waals surface area contributed by atoms with E-state index in [1.165, 1.54) is 11.1 Å². The summed E-state index contributed by atoms with van der Waals surface area (Å²) in [6.07, 6.45) is -0.00564. The highest BCUT2D eigenvalue weighted by molar-refractivity contribution is 6.62. The van der Waals surface area contributed by atoms with Crippen LogP contribution in [-0.2, 0) is 9.31 Å².